The zero-order valence-corrected chi connectivity index (χ0v) is 23.0. The van der Waals surface area contributed by atoms with Gasteiger partial charge in [0.05, 0.1) is 18.0 Å². The molecule has 4 rings (SSSR count). The van der Waals surface area contributed by atoms with Crippen molar-refractivity contribution in [3.05, 3.63) is 82.6 Å². The molecule has 0 fully saturated rings. The molecule has 2 amide bonds. The molecule has 0 atom stereocenters. The Morgan fingerprint density at radius 2 is 1.77 bits per heavy atom. The summed E-state index contributed by atoms with van der Waals surface area (Å²) < 4.78 is 7.64. The van der Waals surface area contributed by atoms with Crippen LogP contribution in [0.3, 0.4) is 0 Å². The molecule has 2 heterocycles. The highest BCUT2D eigenvalue weighted by Crippen LogP contribution is 2.33. The van der Waals surface area contributed by atoms with Gasteiger partial charge in [0.2, 0.25) is 0 Å². The number of nitriles is 1. The summed E-state index contributed by atoms with van der Waals surface area (Å²) >= 11 is 0. The van der Waals surface area contributed by atoms with Crippen LogP contribution >= 0.6 is 0 Å². The van der Waals surface area contributed by atoms with Gasteiger partial charge < -0.3 is 4.74 Å². The molecule has 0 unspecified atom stereocenters. The number of hydrogen-bond acceptors (Lipinski definition) is 5. The molecule has 7 heteroatoms. The molecule has 0 radical (unpaired) electrons. The van der Waals surface area contributed by atoms with Crippen molar-refractivity contribution in [2.75, 3.05) is 13.2 Å². The summed E-state index contributed by atoms with van der Waals surface area (Å²) in [6.45, 7) is 8.72. The minimum atomic E-state index is -0.522. The molecule has 7 nitrogen and oxygen atoms in total. The molecule has 0 N–H and O–H groups in total. The van der Waals surface area contributed by atoms with E-state index in [0.717, 1.165) is 41.8 Å². The fourth-order valence-corrected chi connectivity index (χ4v) is 4.61. The van der Waals surface area contributed by atoms with E-state index in [9.17, 15) is 14.9 Å². The summed E-state index contributed by atoms with van der Waals surface area (Å²) in [5, 5.41) is 14.7. The maximum Gasteiger partial charge on any atom is 0.271 e. The van der Waals surface area contributed by atoms with E-state index in [1.807, 2.05) is 67.7 Å². The van der Waals surface area contributed by atoms with E-state index in [2.05, 4.69) is 13.8 Å². The van der Waals surface area contributed by atoms with Gasteiger partial charge in [-0.25, -0.2) is 4.68 Å². The zero-order valence-electron chi connectivity index (χ0n) is 23.0. The Labute approximate surface area is 230 Å². The lowest BCUT2D eigenvalue weighted by atomic mass is 9.93. The van der Waals surface area contributed by atoms with Crippen LogP contribution in [-0.2, 0) is 9.59 Å². The maximum atomic E-state index is 13.6. The van der Waals surface area contributed by atoms with Crippen LogP contribution < -0.4 is 4.74 Å². The van der Waals surface area contributed by atoms with Crippen molar-refractivity contribution in [1.82, 2.24) is 14.7 Å². The molecule has 2 aromatic carbocycles. The molecule has 0 spiro atoms. The first-order chi connectivity index (χ1) is 18.9. The van der Waals surface area contributed by atoms with E-state index < -0.39 is 5.91 Å². The summed E-state index contributed by atoms with van der Waals surface area (Å²) in [5.74, 6) is -0.0820. The van der Waals surface area contributed by atoms with Gasteiger partial charge in [-0.2, -0.15) is 10.4 Å². The van der Waals surface area contributed by atoms with Crippen LogP contribution in [0.15, 0.2) is 71.4 Å². The fraction of sp³-hybridized carbons (Fsp3) is 0.312. The molecule has 200 valence electrons. The number of para-hydroxylation sites is 1. The zero-order chi connectivity index (χ0) is 27.9. The van der Waals surface area contributed by atoms with Crippen LogP contribution in [0, 0.1) is 18.3 Å². The first-order valence-corrected chi connectivity index (χ1v) is 13.5. The summed E-state index contributed by atoms with van der Waals surface area (Å²) in [6.07, 6.45) is 7.10. The molecule has 1 aliphatic rings. The maximum absolute atomic E-state index is 13.6. The summed E-state index contributed by atoms with van der Waals surface area (Å²) in [4.78, 5) is 27.7. The topological polar surface area (TPSA) is 88.2 Å². The fourth-order valence-electron chi connectivity index (χ4n) is 4.61. The van der Waals surface area contributed by atoms with Crippen molar-refractivity contribution in [2.24, 2.45) is 0 Å². The normalized spacial score (nSPS) is 14.7. The number of carbonyl (C=O) groups is 2. The van der Waals surface area contributed by atoms with Crippen LogP contribution in [0.5, 0.6) is 5.75 Å². The Hall–Kier alpha value is -4.44. The predicted octanol–water partition coefficient (Wildman–Crippen LogP) is 6.42. The molecular formula is C32H34N4O3. The standard InChI is InChI=1S/C32H34N4O3/c1-5-7-11-16-35-31(37)27(23(4)28(20-33)32(35)38)19-25-21-36(26-12-9-8-10-13-26)34-30(25)24-14-15-29(22(3)18-24)39-17-6-2/h8-10,12-15,18-19,21H,5-7,11,16-17H2,1-4H3/b27-19+. The highest BCUT2D eigenvalue weighted by molar-refractivity contribution is 6.19. The number of carbonyl (C=O) groups excluding carboxylic acids is 2. The van der Waals surface area contributed by atoms with Gasteiger partial charge in [0, 0.05) is 29.4 Å². The Morgan fingerprint density at radius 1 is 1.00 bits per heavy atom. The van der Waals surface area contributed by atoms with Crippen molar-refractivity contribution in [1.29, 1.82) is 5.26 Å². The third-order valence-corrected chi connectivity index (χ3v) is 6.78. The van der Waals surface area contributed by atoms with E-state index in [0.29, 0.717) is 35.4 Å². The minimum Gasteiger partial charge on any atom is -0.493 e. The van der Waals surface area contributed by atoms with Crippen LogP contribution in [0.2, 0.25) is 0 Å². The number of imide groups is 1. The van der Waals surface area contributed by atoms with E-state index >= 15 is 0 Å². The van der Waals surface area contributed by atoms with Crippen molar-refractivity contribution in [3.63, 3.8) is 0 Å². The van der Waals surface area contributed by atoms with Gasteiger partial charge in [0.15, 0.2) is 0 Å². The van der Waals surface area contributed by atoms with Crippen LogP contribution in [0.4, 0.5) is 0 Å². The molecule has 39 heavy (non-hydrogen) atoms. The number of benzene rings is 2. The lowest BCUT2D eigenvalue weighted by Crippen LogP contribution is -2.43. The average molecular weight is 523 g/mol. The van der Waals surface area contributed by atoms with Gasteiger partial charge in [-0.3, -0.25) is 14.5 Å². The Kier molecular flexibility index (Phi) is 8.77. The lowest BCUT2D eigenvalue weighted by Gasteiger charge is -2.27. The number of unbranched alkanes of at least 4 members (excludes halogenated alkanes) is 2. The number of aryl methyl sites for hydroxylation is 1. The highest BCUT2D eigenvalue weighted by Gasteiger charge is 2.35. The van der Waals surface area contributed by atoms with Crippen molar-refractivity contribution < 1.29 is 14.3 Å². The van der Waals surface area contributed by atoms with E-state index in [1.165, 1.54) is 4.90 Å². The molecule has 1 aliphatic heterocycles. The van der Waals surface area contributed by atoms with Gasteiger partial charge in [-0.15, -0.1) is 0 Å². The monoisotopic (exact) mass is 522 g/mol. The van der Waals surface area contributed by atoms with Crippen LogP contribution in [-0.4, -0.2) is 39.6 Å². The van der Waals surface area contributed by atoms with E-state index in [1.54, 1.807) is 17.7 Å². The highest BCUT2D eigenvalue weighted by atomic mass is 16.5. The average Bonchev–Trinajstić information content (AvgIpc) is 3.37. The number of ether oxygens (including phenoxy) is 1. The third kappa shape index (κ3) is 5.85. The lowest BCUT2D eigenvalue weighted by molar-refractivity contribution is -0.140. The van der Waals surface area contributed by atoms with Crippen molar-refractivity contribution in [3.8, 4) is 28.8 Å². The Morgan fingerprint density at radius 3 is 2.44 bits per heavy atom. The molecule has 1 aromatic heterocycles. The van der Waals surface area contributed by atoms with Crippen LogP contribution in [0.25, 0.3) is 23.0 Å². The predicted molar refractivity (Wildman–Crippen MR) is 152 cm³/mol. The third-order valence-electron chi connectivity index (χ3n) is 6.78. The largest absolute Gasteiger partial charge is 0.493 e. The number of hydrogen-bond donors (Lipinski definition) is 0. The first-order valence-electron chi connectivity index (χ1n) is 13.5. The van der Waals surface area contributed by atoms with E-state index in [4.69, 9.17) is 9.84 Å². The smallest absolute Gasteiger partial charge is 0.271 e. The molecule has 0 aliphatic carbocycles. The minimum absolute atomic E-state index is 0.00243. The molecule has 3 aromatic rings. The summed E-state index contributed by atoms with van der Waals surface area (Å²) in [6, 6.07) is 17.7. The van der Waals surface area contributed by atoms with Gasteiger partial charge in [0.1, 0.15) is 17.4 Å². The van der Waals surface area contributed by atoms with Gasteiger partial charge in [0.25, 0.3) is 11.8 Å². The number of aromatic nitrogens is 2. The van der Waals surface area contributed by atoms with Crippen molar-refractivity contribution in [2.45, 2.75) is 53.4 Å². The van der Waals surface area contributed by atoms with Crippen LogP contribution in [0.1, 0.15) is 57.6 Å². The number of amides is 2. The quantitative estimate of drug-likeness (QED) is 0.174. The molecular weight excluding hydrogens is 488 g/mol. The SMILES string of the molecule is CCCCCN1C(=O)C(C#N)=C(C)/C(=C\c2cn(-c3ccccc3)nc2-c2ccc(OCCC)c(C)c2)C1=O. The second-order valence-electron chi connectivity index (χ2n) is 9.68. The number of rotatable bonds is 10. The first kappa shape index (κ1) is 27.6. The second-order valence-corrected chi connectivity index (χ2v) is 9.68. The molecule has 0 bridgehead atoms. The van der Waals surface area contributed by atoms with Gasteiger partial charge >= 0.3 is 0 Å². The molecule has 0 saturated carbocycles. The number of nitrogens with zero attached hydrogens (tertiary/aromatic N) is 4. The molecule has 0 saturated heterocycles. The van der Waals surface area contributed by atoms with Crippen molar-refractivity contribution >= 4 is 17.9 Å². The Bertz CT molecular complexity index is 1470. The Balaban J connectivity index is 1.85. The van der Waals surface area contributed by atoms with Gasteiger partial charge in [-0.05, 0) is 74.2 Å². The second kappa shape index (κ2) is 12.4. The summed E-state index contributed by atoms with van der Waals surface area (Å²) in [5.41, 5.74) is 4.85. The summed E-state index contributed by atoms with van der Waals surface area (Å²) in [7, 11) is 0. The van der Waals surface area contributed by atoms with E-state index in [-0.39, 0.29) is 18.0 Å². The van der Waals surface area contributed by atoms with Gasteiger partial charge in [-0.1, -0.05) is 44.9 Å².